The van der Waals surface area contributed by atoms with Crippen LogP contribution < -0.4 is 4.74 Å². The van der Waals surface area contributed by atoms with Crippen molar-refractivity contribution >= 4 is 18.3 Å². The summed E-state index contributed by atoms with van der Waals surface area (Å²) in [5.41, 5.74) is 0.372. The lowest BCUT2D eigenvalue weighted by Gasteiger charge is -2.09. The van der Waals surface area contributed by atoms with Gasteiger partial charge in [-0.1, -0.05) is 0 Å². The number of aldehydes is 1. The molecule has 4 nitrogen and oxygen atoms in total. The molecular formula is C8H6N2O2. The van der Waals surface area contributed by atoms with Gasteiger partial charge in [0.05, 0.1) is 0 Å². The van der Waals surface area contributed by atoms with Crippen LogP contribution in [0.5, 0.6) is 5.75 Å². The van der Waals surface area contributed by atoms with Crippen molar-refractivity contribution in [3.05, 3.63) is 17.8 Å². The van der Waals surface area contributed by atoms with E-state index in [1.165, 1.54) is 0 Å². The number of aliphatic imine (C=N–C) groups is 1. The molecule has 2 heterocycles. The lowest BCUT2D eigenvalue weighted by atomic mass is 10.3. The third-order valence-electron chi connectivity index (χ3n) is 1.51. The summed E-state index contributed by atoms with van der Waals surface area (Å²) in [7, 11) is 0. The van der Waals surface area contributed by atoms with Gasteiger partial charge < -0.3 is 4.74 Å². The molecule has 0 fully saturated rings. The van der Waals surface area contributed by atoms with Gasteiger partial charge in [0.2, 0.25) is 0 Å². The van der Waals surface area contributed by atoms with Gasteiger partial charge in [-0.3, -0.25) is 4.79 Å². The van der Waals surface area contributed by atoms with Crippen LogP contribution in [-0.4, -0.2) is 24.1 Å². The first-order chi connectivity index (χ1) is 5.90. The Hall–Kier alpha value is -1.71. The molecule has 0 spiro atoms. The number of carbonyl (C=O) groups excluding carboxylic acids is 1. The summed E-state index contributed by atoms with van der Waals surface area (Å²) in [6.45, 7) is 0.467. The third kappa shape index (κ3) is 1.07. The first kappa shape index (κ1) is 6.97. The van der Waals surface area contributed by atoms with Gasteiger partial charge in [-0.15, -0.1) is 0 Å². The van der Waals surface area contributed by atoms with Crippen LogP contribution in [0.2, 0.25) is 0 Å². The fraction of sp³-hybridized carbons (Fsp3) is 0.125. The highest BCUT2D eigenvalue weighted by molar-refractivity contribution is 5.75. The molecule has 12 heavy (non-hydrogen) atoms. The minimum absolute atomic E-state index is 0.372. The molecule has 0 bridgehead atoms. The fourth-order valence-electron chi connectivity index (χ4n) is 0.972. The number of nitrogens with zero attached hydrogens (tertiary/aromatic N) is 2. The van der Waals surface area contributed by atoms with Crippen molar-refractivity contribution in [2.75, 3.05) is 6.61 Å². The summed E-state index contributed by atoms with van der Waals surface area (Å²) in [5.74, 6) is 1.11. The highest BCUT2D eigenvalue weighted by atomic mass is 16.5. The highest BCUT2D eigenvalue weighted by Gasteiger charge is 2.07. The average Bonchev–Trinajstić information content (AvgIpc) is 2.17. The smallest absolute Gasteiger partial charge is 0.195 e. The Balaban J connectivity index is 2.51. The molecule has 4 heteroatoms. The topological polar surface area (TPSA) is 51.5 Å². The summed E-state index contributed by atoms with van der Waals surface area (Å²) in [5, 5.41) is 0. The van der Waals surface area contributed by atoms with Crippen LogP contribution in [0.3, 0.4) is 0 Å². The molecule has 0 atom stereocenters. The van der Waals surface area contributed by atoms with Crippen LogP contribution in [0.1, 0.15) is 10.5 Å². The van der Waals surface area contributed by atoms with Crippen molar-refractivity contribution in [1.29, 1.82) is 0 Å². The van der Waals surface area contributed by atoms with E-state index in [2.05, 4.69) is 9.98 Å². The molecule has 0 amide bonds. The van der Waals surface area contributed by atoms with Crippen molar-refractivity contribution in [2.45, 2.75) is 0 Å². The Kier molecular flexibility index (Phi) is 1.59. The molecule has 1 aliphatic heterocycles. The number of pyridine rings is 1. The second kappa shape index (κ2) is 2.73. The largest absolute Gasteiger partial charge is 0.484 e. The molecule has 1 aliphatic rings. The van der Waals surface area contributed by atoms with Crippen LogP contribution in [0.4, 0.5) is 5.82 Å². The molecule has 0 saturated heterocycles. The van der Waals surface area contributed by atoms with E-state index in [4.69, 9.17) is 4.74 Å². The average molecular weight is 162 g/mol. The fourth-order valence-corrected chi connectivity index (χ4v) is 0.972. The van der Waals surface area contributed by atoms with Gasteiger partial charge in [0, 0.05) is 6.21 Å². The minimum atomic E-state index is 0.372. The Labute approximate surface area is 68.9 Å². The molecule has 0 N–H and O–H groups in total. The monoisotopic (exact) mass is 162 g/mol. The molecule has 0 aliphatic carbocycles. The lowest BCUT2D eigenvalue weighted by molar-refractivity contribution is 0.111. The summed E-state index contributed by atoms with van der Waals surface area (Å²) in [4.78, 5) is 18.3. The third-order valence-corrected chi connectivity index (χ3v) is 1.51. The molecule has 2 rings (SSSR count). The summed E-state index contributed by atoms with van der Waals surface area (Å²) in [6, 6.07) is 3.30. The predicted molar refractivity (Wildman–Crippen MR) is 43.3 cm³/mol. The molecule has 1 aromatic heterocycles. The first-order valence-corrected chi connectivity index (χ1v) is 3.52. The van der Waals surface area contributed by atoms with Gasteiger partial charge in [-0.2, -0.15) is 0 Å². The molecule has 0 aromatic carbocycles. The van der Waals surface area contributed by atoms with Gasteiger partial charge in [0.25, 0.3) is 0 Å². The van der Waals surface area contributed by atoms with E-state index in [1.54, 1.807) is 18.3 Å². The van der Waals surface area contributed by atoms with E-state index < -0.39 is 0 Å². The molecule has 1 aromatic rings. The van der Waals surface area contributed by atoms with Crippen molar-refractivity contribution < 1.29 is 9.53 Å². The maximum absolute atomic E-state index is 10.3. The van der Waals surface area contributed by atoms with Crippen molar-refractivity contribution in [3.63, 3.8) is 0 Å². The van der Waals surface area contributed by atoms with Crippen LogP contribution >= 0.6 is 0 Å². The minimum Gasteiger partial charge on any atom is -0.484 e. The van der Waals surface area contributed by atoms with Crippen molar-refractivity contribution in [1.82, 2.24) is 4.98 Å². The van der Waals surface area contributed by atoms with E-state index in [0.717, 1.165) is 0 Å². The number of hydrogen-bond acceptors (Lipinski definition) is 4. The number of fused-ring (bicyclic) bond motifs is 1. The predicted octanol–water partition coefficient (Wildman–Crippen LogP) is 0.989. The van der Waals surface area contributed by atoms with Crippen LogP contribution in [0, 0.1) is 0 Å². The molecular weight excluding hydrogens is 156 g/mol. The number of rotatable bonds is 1. The van der Waals surface area contributed by atoms with Gasteiger partial charge in [0.15, 0.2) is 17.9 Å². The van der Waals surface area contributed by atoms with E-state index in [1.807, 2.05) is 0 Å². The molecule has 60 valence electrons. The lowest BCUT2D eigenvalue weighted by Crippen LogP contribution is -2.04. The van der Waals surface area contributed by atoms with Crippen molar-refractivity contribution in [2.24, 2.45) is 4.99 Å². The SMILES string of the molecule is O=Cc1ccc2c(n1)N=CCO2. The number of hydrogen-bond donors (Lipinski definition) is 0. The van der Waals surface area contributed by atoms with Gasteiger partial charge in [0.1, 0.15) is 12.3 Å². The molecule has 0 radical (unpaired) electrons. The molecule has 0 saturated carbocycles. The number of aromatic nitrogens is 1. The molecule has 0 unspecified atom stereocenters. The van der Waals surface area contributed by atoms with Crippen molar-refractivity contribution in [3.8, 4) is 5.75 Å². The number of carbonyl (C=O) groups is 1. The van der Waals surface area contributed by atoms with E-state index >= 15 is 0 Å². The summed E-state index contributed by atoms with van der Waals surface area (Å²) >= 11 is 0. The normalized spacial score (nSPS) is 13.3. The van der Waals surface area contributed by atoms with Gasteiger partial charge >= 0.3 is 0 Å². The zero-order chi connectivity index (χ0) is 8.39. The van der Waals surface area contributed by atoms with Gasteiger partial charge in [-0.05, 0) is 12.1 Å². The van der Waals surface area contributed by atoms with E-state index in [-0.39, 0.29) is 0 Å². The zero-order valence-corrected chi connectivity index (χ0v) is 6.23. The van der Waals surface area contributed by atoms with E-state index in [9.17, 15) is 4.79 Å². The maximum Gasteiger partial charge on any atom is 0.195 e. The van der Waals surface area contributed by atoms with Crippen LogP contribution in [0.15, 0.2) is 17.1 Å². The first-order valence-electron chi connectivity index (χ1n) is 3.52. The Morgan fingerprint density at radius 2 is 2.42 bits per heavy atom. The zero-order valence-electron chi connectivity index (χ0n) is 6.23. The van der Waals surface area contributed by atoms with Crippen LogP contribution in [0.25, 0.3) is 0 Å². The standard InChI is InChI=1S/C8H6N2O2/c11-5-6-1-2-7-8(10-6)9-3-4-12-7/h1-3,5H,4H2. The van der Waals surface area contributed by atoms with Crippen LogP contribution in [-0.2, 0) is 0 Å². The second-order valence-electron chi connectivity index (χ2n) is 2.30. The summed E-state index contributed by atoms with van der Waals surface area (Å²) in [6.07, 6.45) is 2.30. The second-order valence-corrected chi connectivity index (χ2v) is 2.30. The quantitative estimate of drug-likeness (QED) is 0.578. The Bertz CT molecular complexity index is 347. The van der Waals surface area contributed by atoms with Gasteiger partial charge in [-0.25, -0.2) is 9.98 Å². The van der Waals surface area contributed by atoms with E-state index in [0.29, 0.717) is 30.2 Å². The Morgan fingerprint density at radius 1 is 1.50 bits per heavy atom. The number of ether oxygens (including phenoxy) is 1. The Morgan fingerprint density at radius 3 is 3.25 bits per heavy atom. The summed E-state index contributed by atoms with van der Waals surface area (Å²) < 4.78 is 5.20. The highest BCUT2D eigenvalue weighted by Crippen LogP contribution is 2.26. The maximum atomic E-state index is 10.3.